The van der Waals surface area contributed by atoms with E-state index in [4.69, 9.17) is 0 Å². The number of carboxylic acid groups (broad SMARTS) is 1. The van der Waals surface area contributed by atoms with E-state index in [1.54, 1.807) is 0 Å². The van der Waals surface area contributed by atoms with Crippen molar-refractivity contribution in [2.75, 3.05) is 0 Å². The van der Waals surface area contributed by atoms with Gasteiger partial charge in [0.15, 0.2) is 0 Å². The Hall–Kier alpha value is -1.45. The summed E-state index contributed by atoms with van der Waals surface area (Å²) < 4.78 is 27.7. The van der Waals surface area contributed by atoms with Crippen molar-refractivity contribution in [2.45, 2.75) is 38.5 Å². The number of benzene rings is 1. The van der Waals surface area contributed by atoms with E-state index in [-0.39, 0.29) is 5.56 Å². The fourth-order valence-corrected chi connectivity index (χ4v) is 3.11. The average Bonchev–Trinajstić information content (AvgIpc) is 2.38. The highest BCUT2D eigenvalue weighted by molar-refractivity contribution is 5.71. The zero-order valence-electron chi connectivity index (χ0n) is 10.9. The van der Waals surface area contributed by atoms with Crippen molar-refractivity contribution in [3.63, 3.8) is 0 Å². The number of aliphatic carboxylic acids is 1. The van der Waals surface area contributed by atoms with Gasteiger partial charge in [-0.2, -0.15) is 0 Å². The van der Waals surface area contributed by atoms with Gasteiger partial charge in [-0.05, 0) is 37.3 Å². The molecule has 4 heteroatoms. The molecule has 19 heavy (non-hydrogen) atoms. The Labute approximate surface area is 111 Å². The zero-order chi connectivity index (χ0) is 14.0. The van der Waals surface area contributed by atoms with Gasteiger partial charge in [-0.3, -0.25) is 4.79 Å². The lowest BCUT2D eigenvalue weighted by molar-refractivity contribution is -0.144. The minimum Gasteiger partial charge on any atom is -0.481 e. The van der Waals surface area contributed by atoms with E-state index < -0.39 is 29.4 Å². The second-order valence-corrected chi connectivity index (χ2v) is 5.27. The first-order valence-corrected chi connectivity index (χ1v) is 6.71. The second-order valence-electron chi connectivity index (χ2n) is 5.27. The lowest BCUT2D eigenvalue weighted by atomic mass is 9.70. The molecule has 1 aromatic carbocycles. The van der Waals surface area contributed by atoms with Crippen molar-refractivity contribution in [1.82, 2.24) is 0 Å². The molecule has 0 heterocycles. The largest absolute Gasteiger partial charge is 0.481 e. The number of carboxylic acids is 1. The lowest BCUT2D eigenvalue weighted by Crippen LogP contribution is -2.30. The van der Waals surface area contributed by atoms with E-state index in [0.29, 0.717) is 18.8 Å². The third-order valence-electron chi connectivity index (χ3n) is 4.22. The molecule has 1 aliphatic rings. The monoisotopic (exact) mass is 268 g/mol. The van der Waals surface area contributed by atoms with E-state index >= 15 is 0 Å². The number of hydrogen-bond donors (Lipinski definition) is 1. The van der Waals surface area contributed by atoms with Gasteiger partial charge in [0, 0.05) is 11.5 Å². The van der Waals surface area contributed by atoms with Crippen LogP contribution in [-0.4, -0.2) is 11.1 Å². The Balaban J connectivity index is 2.39. The Morgan fingerprint density at radius 1 is 1.32 bits per heavy atom. The van der Waals surface area contributed by atoms with Gasteiger partial charge in [0.25, 0.3) is 0 Å². The Kier molecular flexibility index (Phi) is 4.17. The highest BCUT2D eigenvalue weighted by Crippen LogP contribution is 2.43. The first-order valence-electron chi connectivity index (χ1n) is 6.71. The molecule has 2 nitrogen and oxygen atoms in total. The van der Waals surface area contributed by atoms with Gasteiger partial charge in [-0.1, -0.05) is 19.4 Å². The van der Waals surface area contributed by atoms with Gasteiger partial charge in [0.1, 0.15) is 11.6 Å². The molecule has 3 atom stereocenters. The highest BCUT2D eigenvalue weighted by atomic mass is 19.1. The Morgan fingerprint density at radius 3 is 2.47 bits per heavy atom. The molecule has 0 aromatic heterocycles. The second kappa shape index (κ2) is 5.68. The highest BCUT2D eigenvalue weighted by Gasteiger charge is 2.38. The summed E-state index contributed by atoms with van der Waals surface area (Å²) in [6, 6.07) is 3.71. The summed E-state index contributed by atoms with van der Waals surface area (Å²) in [5.41, 5.74) is -0.0481. The summed E-state index contributed by atoms with van der Waals surface area (Å²) in [4.78, 5) is 11.3. The van der Waals surface area contributed by atoms with Crippen molar-refractivity contribution >= 4 is 5.97 Å². The summed E-state index contributed by atoms with van der Waals surface area (Å²) in [5.74, 6) is -3.12. The topological polar surface area (TPSA) is 37.3 Å². The van der Waals surface area contributed by atoms with Crippen LogP contribution in [0, 0.1) is 23.5 Å². The van der Waals surface area contributed by atoms with Crippen LogP contribution in [0.4, 0.5) is 8.78 Å². The standard InChI is InChI=1S/C15H18F2O2/c1-2-9-6-7-10(15(18)19)11(8-9)14-12(16)4-3-5-13(14)17/h3-5,9-11H,2,6-8H2,1H3,(H,18,19). The SMILES string of the molecule is CCC1CCC(C(=O)O)C(c2c(F)cccc2F)C1. The smallest absolute Gasteiger partial charge is 0.307 e. The molecule has 104 valence electrons. The van der Waals surface area contributed by atoms with Gasteiger partial charge >= 0.3 is 5.97 Å². The maximum Gasteiger partial charge on any atom is 0.307 e. The molecule has 0 amide bonds. The summed E-state index contributed by atoms with van der Waals surface area (Å²) in [6.45, 7) is 2.03. The molecule has 1 N–H and O–H groups in total. The van der Waals surface area contributed by atoms with Crippen LogP contribution in [0.1, 0.15) is 44.1 Å². The molecule has 0 bridgehead atoms. The van der Waals surface area contributed by atoms with E-state index in [2.05, 4.69) is 0 Å². The molecule has 0 saturated heterocycles. The van der Waals surface area contributed by atoms with Crippen LogP contribution < -0.4 is 0 Å². The fourth-order valence-electron chi connectivity index (χ4n) is 3.11. The minimum atomic E-state index is -0.956. The molecule has 1 saturated carbocycles. The molecule has 0 spiro atoms. The summed E-state index contributed by atoms with van der Waals surface area (Å²) in [5, 5.41) is 9.27. The quantitative estimate of drug-likeness (QED) is 0.901. The first-order chi connectivity index (χ1) is 9.04. The van der Waals surface area contributed by atoms with Crippen LogP contribution in [0.5, 0.6) is 0 Å². The molecule has 3 unspecified atom stereocenters. The maximum absolute atomic E-state index is 13.9. The van der Waals surface area contributed by atoms with Crippen LogP contribution in [-0.2, 0) is 4.79 Å². The average molecular weight is 268 g/mol. The van der Waals surface area contributed by atoms with Gasteiger partial charge in [-0.25, -0.2) is 8.78 Å². The van der Waals surface area contributed by atoms with Gasteiger partial charge in [0.05, 0.1) is 5.92 Å². The summed E-state index contributed by atoms with van der Waals surface area (Å²) in [6.07, 6.45) is 2.77. The van der Waals surface area contributed by atoms with Crippen molar-refractivity contribution in [1.29, 1.82) is 0 Å². The molecule has 1 fully saturated rings. The zero-order valence-corrected chi connectivity index (χ0v) is 10.9. The summed E-state index contributed by atoms with van der Waals surface area (Å²) in [7, 11) is 0. The van der Waals surface area contributed by atoms with E-state index in [1.165, 1.54) is 18.2 Å². The van der Waals surface area contributed by atoms with Crippen molar-refractivity contribution < 1.29 is 18.7 Å². The van der Waals surface area contributed by atoms with Gasteiger partial charge in [-0.15, -0.1) is 0 Å². The lowest BCUT2D eigenvalue weighted by Gasteiger charge is -2.34. The number of hydrogen-bond acceptors (Lipinski definition) is 1. The number of rotatable bonds is 3. The summed E-state index contributed by atoms with van der Waals surface area (Å²) >= 11 is 0. The van der Waals surface area contributed by atoms with Crippen molar-refractivity contribution in [2.24, 2.45) is 11.8 Å². The molecule has 0 aliphatic heterocycles. The van der Waals surface area contributed by atoms with E-state index in [9.17, 15) is 18.7 Å². The number of halogens is 2. The molecule has 1 aromatic rings. The number of carbonyl (C=O) groups is 1. The minimum absolute atomic E-state index is 0.0481. The van der Waals surface area contributed by atoms with Crippen LogP contribution in [0.3, 0.4) is 0 Å². The molecule has 2 rings (SSSR count). The van der Waals surface area contributed by atoms with Gasteiger partial charge in [0.2, 0.25) is 0 Å². The third-order valence-corrected chi connectivity index (χ3v) is 4.22. The first kappa shape index (κ1) is 14.0. The van der Waals surface area contributed by atoms with E-state index in [0.717, 1.165) is 12.8 Å². The molecular weight excluding hydrogens is 250 g/mol. The predicted molar refractivity (Wildman–Crippen MR) is 67.9 cm³/mol. The van der Waals surface area contributed by atoms with Crippen LogP contribution in [0.2, 0.25) is 0 Å². The third kappa shape index (κ3) is 2.77. The van der Waals surface area contributed by atoms with Crippen LogP contribution in [0.15, 0.2) is 18.2 Å². The Bertz CT molecular complexity index is 453. The van der Waals surface area contributed by atoms with Crippen molar-refractivity contribution in [3.8, 4) is 0 Å². The van der Waals surface area contributed by atoms with E-state index in [1.807, 2.05) is 6.92 Å². The molecule has 1 aliphatic carbocycles. The fraction of sp³-hybridized carbons (Fsp3) is 0.533. The predicted octanol–water partition coefficient (Wildman–Crippen LogP) is 3.96. The normalized spacial score (nSPS) is 27.2. The van der Waals surface area contributed by atoms with Crippen LogP contribution >= 0.6 is 0 Å². The van der Waals surface area contributed by atoms with Crippen molar-refractivity contribution in [3.05, 3.63) is 35.4 Å². The maximum atomic E-state index is 13.9. The molecule has 0 radical (unpaired) electrons. The van der Waals surface area contributed by atoms with Crippen LogP contribution in [0.25, 0.3) is 0 Å². The van der Waals surface area contributed by atoms with Gasteiger partial charge < -0.3 is 5.11 Å². The Morgan fingerprint density at radius 2 is 1.95 bits per heavy atom. The molecular formula is C15H18F2O2.